The van der Waals surface area contributed by atoms with Crippen LogP contribution in [-0.2, 0) is 14.0 Å². The van der Waals surface area contributed by atoms with Crippen molar-refractivity contribution in [2.75, 3.05) is 0 Å². The summed E-state index contributed by atoms with van der Waals surface area (Å²) in [5, 5.41) is 9.78. The van der Waals surface area contributed by atoms with Gasteiger partial charge < -0.3 is 9.53 Å². The summed E-state index contributed by atoms with van der Waals surface area (Å²) in [7, 11) is -1.93. The Bertz CT molecular complexity index is 445. The summed E-state index contributed by atoms with van der Waals surface area (Å²) in [6, 6.07) is 0. The number of Topliss-reactive ketones (excluding diaryl/α,β-unsaturated/α-hetero) is 1. The Labute approximate surface area is 187 Å². The Morgan fingerprint density at radius 3 is 1.70 bits per heavy atom. The highest BCUT2D eigenvalue weighted by Crippen LogP contribution is 2.25. The third kappa shape index (κ3) is 17.0. The first-order valence-corrected chi connectivity index (χ1v) is 16.0. The Balaban J connectivity index is 4.43. The van der Waals surface area contributed by atoms with Gasteiger partial charge in [0.2, 0.25) is 0 Å². The second-order valence-corrected chi connectivity index (χ2v) is 14.3. The summed E-state index contributed by atoms with van der Waals surface area (Å²) in [6.45, 7) is 10.6. The number of ketones is 1. The highest BCUT2D eigenvalue weighted by atomic mass is 28.4. The number of carboxylic acids is 1. The number of hydrogen-bond acceptors (Lipinski definition) is 3. The number of carbonyl (C=O) groups excluding carboxylic acids is 1. The van der Waals surface area contributed by atoms with Crippen LogP contribution in [0.2, 0.25) is 19.6 Å². The van der Waals surface area contributed by atoms with E-state index in [2.05, 4.69) is 33.5 Å². The van der Waals surface area contributed by atoms with Gasteiger partial charge in [-0.2, -0.15) is 0 Å². The molecule has 5 heteroatoms. The van der Waals surface area contributed by atoms with Crippen LogP contribution in [0.1, 0.15) is 117 Å². The number of carbonyl (C=O) groups is 2. The molecule has 0 aliphatic carbocycles. The molecule has 0 saturated heterocycles. The van der Waals surface area contributed by atoms with Crippen molar-refractivity contribution in [3.05, 3.63) is 0 Å². The number of aliphatic carboxylic acids is 1. The van der Waals surface area contributed by atoms with E-state index in [0.717, 1.165) is 38.5 Å². The van der Waals surface area contributed by atoms with Crippen LogP contribution >= 0.6 is 0 Å². The molecule has 0 bridgehead atoms. The van der Waals surface area contributed by atoms with Gasteiger partial charge in [0, 0.05) is 12.8 Å². The third-order valence-corrected chi connectivity index (χ3v) is 6.64. The lowest BCUT2D eigenvalue weighted by Crippen LogP contribution is -2.40. The lowest BCUT2D eigenvalue weighted by atomic mass is 9.91. The van der Waals surface area contributed by atoms with Gasteiger partial charge in [-0.25, -0.2) is 0 Å². The van der Waals surface area contributed by atoms with E-state index in [-0.39, 0.29) is 12.2 Å². The lowest BCUT2D eigenvalue weighted by molar-refractivity contribution is -0.146. The number of rotatable bonds is 21. The Morgan fingerprint density at radius 1 is 0.767 bits per heavy atom. The van der Waals surface area contributed by atoms with Gasteiger partial charge in [0.05, 0.1) is 12.0 Å². The molecule has 0 saturated carbocycles. The minimum atomic E-state index is -1.93. The van der Waals surface area contributed by atoms with Crippen LogP contribution in [0.15, 0.2) is 0 Å². The van der Waals surface area contributed by atoms with Crippen molar-refractivity contribution in [1.29, 1.82) is 0 Å². The maximum Gasteiger partial charge on any atom is 0.309 e. The molecule has 2 atom stereocenters. The van der Waals surface area contributed by atoms with E-state index < -0.39 is 26.3 Å². The molecule has 0 aromatic carbocycles. The van der Waals surface area contributed by atoms with Crippen LogP contribution in [-0.4, -0.2) is 31.3 Å². The zero-order chi connectivity index (χ0) is 22.8. The molecule has 1 N–H and O–H groups in total. The predicted octanol–water partition coefficient (Wildman–Crippen LogP) is 7.76. The normalized spacial score (nSPS) is 13.9. The van der Waals surface area contributed by atoms with E-state index >= 15 is 0 Å². The first kappa shape index (κ1) is 29.3. The summed E-state index contributed by atoms with van der Waals surface area (Å²) < 4.78 is 6.22. The zero-order valence-electron chi connectivity index (χ0n) is 20.6. The van der Waals surface area contributed by atoms with Crippen LogP contribution in [0.4, 0.5) is 0 Å². The van der Waals surface area contributed by atoms with Gasteiger partial charge in [-0.15, -0.1) is 0 Å². The first-order chi connectivity index (χ1) is 14.2. The average Bonchev–Trinajstić information content (AvgIpc) is 2.64. The predicted molar refractivity (Wildman–Crippen MR) is 130 cm³/mol. The van der Waals surface area contributed by atoms with Crippen molar-refractivity contribution in [3.63, 3.8) is 0 Å². The SMILES string of the molecule is CCCCCCCCCCCC(=O)C[C@@H](O[Si](C)(C)C)C(CCCCCC)C(=O)O. The van der Waals surface area contributed by atoms with Crippen molar-refractivity contribution in [2.45, 2.75) is 142 Å². The molecule has 4 nitrogen and oxygen atoms in total. The van der Waals surface area contributed by atoms with Crippen molar-refractivity contribution in [2.24, 2.45) is 5.92 Å². The van der Waals surface area contributed by atoms with Crippen LogP contribution in [0, 0.1) is 5.92 Å². The maximum absolute atomic E-state index is 12.6. The van der Waals surface area contributed by atoms with Crippen LogP contribution in [0.3, 0.4) is 0 Å². The molecule has 1 unspecified atom stereocenters. The molecule has 0 aliphatic rings. The second kappa shape index (κ2) is 17.9. The Hall–Kier alpha value is -0.683. The monoisotopic (exact) mass is 442 g/mol. The smallest absolute Gasteiger partial charge is 0.309 e. The highest BCUT2D eigenvalue weighted by Gasteiger charge is 2.33. The molecule has 178 valence electrons. The zero-order valence-corrected chi connectivity index (χ0v) is 21.6. The summed E-state index contributed by atoms with van der Waals surface area (Å²) >= 11 is 0. The van der Waals surface area contributed by atoms with Crippen LogP contribution in [0.25, 0.3) is 0 Å². The van der Waals surface area contributed by atoms with Crippen molar-refractivity contribution >= 4 is 20.1 Å². The molecule has 0 aliphatic heterocycles. The molecule has 0 aromatic rings. The minimum absolute atomic E-state index is 0.168. The number of carboxylic acid groups (broad SMARTS) is 1. The topological polar surface area (TPSA) is 63.6 Å². The summed E-state index contributed by atoms with van der Waals surface area (Å²) in [6.07, 6.45) is 16.2. The van der Waals surface area contributed by atoms with E-state index in [4.69, 9.17) is 4.43 Å². The summed E-state index contributed by atoms with van der Waals surface area (Å²) in [4.78, 5) is 24.5. The third-order valence-electron chi connectivity index (χ3n) is 5.63. The molecule has 0 aromatic heterocycles. The minimum Gasteiger partial charge on any atom is -0.481 e. The number of hydrogen-bond donors (Lipinski definition) is 1. The van der Waals surface area contributed by atoms with Gasteiger partial charge >= 0.3 is 5.97 Å². The standard InChI is InChI=1S/C25H50O4Si/c1-6-8-10-12-13-14-15-16-17-19-22(26)21-24(29-30(3,4)5)23(25(27)28)20-18-11-9-7-2/h23-24H,6-21H2,1-5H3,(H,27,28)/t23?,24-/m1/s1. The Kier molecular flexibility index (Phi) is 17.5. The van der Waals surface area contributed by atoms with E-state index in [1.807, 2.05) is 0 Å². The largest absolute Gasteiger partial charge is 0.481 e. The first-order valence-electron chi connectivity index (χ1n) is 12.6. The van der Waals surface area contributed by atoms with Gasteiger partial charge in [0.15, 0.2) is 8.32 Å². The van der Waals surface area contributed by atoms with Crippen LogP contribution < -0.4 is 0 Å². The molecule has 0 rings (SSSR count). The second-order valence-electron chi connectivity index (χ2n) is 9.88. The molecule has 30 heavy (non-hydrogen) atoms. The van der Waals surface area contributed by atoms with Crippen molar-refractivity contribution in [3.8, 4) is 0 Å². The molecule has 0 fully saturated rings. The van der Waals surface area contributed by atoms with Crippen molar-refractivity contribution in [1.82, 2.24) is 0 Å². The van der Waals surface area contributed by atoms with Gasteiger partial charge in [-0.3, -0.25) is 9.59 Å². The number of unbranched alkanes of at least 4 members (excludes halogenated alkanes) is 11. The quantitative estimate of drug-likeness (QED) is 0.146. The van der Waals surface area contributed by atoms with Crippen LogP contribution in [0.5, 0.6) is 0 Å². The van der Waals surface area contributed by atoms with Gasteiger partial charge in [0.1, 0.15) is 5.78 Å². The average molecular weight is 443 g/mol. The molecular weight excluding hydrogens is 392 g/mol. The molecule has 0 spiro atoms. The summed E-state index contributed by atoms with van der Waals surface area (Å²) in [5.41, 5.74) is 0. The van der Waals surface area contributed by atoms with Crippen molar-refractivity contribution < 1.29 is 19.1 Å². The van der Waals surface area contributed by atoms with Gasteiger partial charge in [-0.1, -0.05) is 90.9 Å². The molecular formula is C25H50O4Si. The van der Waals surface area contributed by atoms with E-state index in [0.29, 0.717) is 12.8 Å². The van der Waals surface area contributed by atoms with E-state index in [1.165, 1.54) is 44.9 Å². The highest BCUT2D eigenvalue weighted by molar-refractivity contribution is 6.69. The fourth-order valence-electron chi connectivity index (χ4n) is 3.94. The lowest BCUT2D eigenvalue weighted by Gasteiger charge is -2.30. The van der Waals surface area contributed by atoms with Gasteiger partial charge in [0.25, 0.3) is 0 Å². The van der Waals surface area contributed by atoms with Gasteiger partial charge in [-0.05, 0) is 32.5 Å². The fraction of sp³-hybridized carbons (Fsp3) is 0.920. The van der Waals surface area contributed by atoms with E-state index in [1.54, 1.807) is 0 Å². The van der Waals surface area contributed by atoms with E-state index in [9.17, 15) is 14.7 Å². The molecule has 0 amide bonds. The Morgan fingerprint density at radius 2 is 1.23 bits per heavy atom. The molecule has 0 heterocycles. The fourth-order valence-corrected chi connectivity index (χ4v) is 5.09. The molecule has 0 radical (unpaired) electrons. The summed E-state index contributed by atoms with van der Waals surface area (Å²) in [5.74, 6) is -1.22. The maximum atomic E-state index is 12.6.